The summed E-state index contributed by atoms with van der Waals surface area (Å²) in [5.41, 5.74) is 6.04. The zero-order valence-corrected chi connectivity index (χ0v) is 22.8. The number of nitrogens with two attached hydrogens (primary N) is 1. The van der Waals surface area contributed by atoms with Crippen molar-refractivity contribution in [2.24, 2.45) is 5.73 Å². The molecule has 1 aromatic rings. The van der Waals surface area contributed by atoms with E-state index >= 15 is 0 Å². The van der Waals surface area contributed by atoms with Gasteiger partial charge in [0.05, 0.1) is 6.07 Å². The monoisotopic (exact) mass is 515 g/mol. The van der Waals surface area contributed by atoms with Crippen LogP contribution in [-0.4, -0.2) is 52.9 Å². The first kappa shape index (κ1) is 31.4. The molecule has 3 atom stereocenters. The number of hydrogen-bond acceptors (Lipinski definition) is 6. The molecule has 0 saturated heterocycles. The smallest absolute Gasteiger partial charge is 0.408 e. The van der Waals surface area contributed by atoms with Gasteiger partial charge in [-0.1, -0.05) is 44.5 Å². The first-order valence-electron chi connectivity index (χ1n) is 12.7. The molecule has 204 valence electrons. The number of nitriles is 1. The van der Waals surface area contributed by atoms with Crippen molar-refractivity contribution < 1.29 is 23.9 Å². The highest BCUT2D eigenvalue weighted by atomic mass is 16.6. The number of carbonyl (C=O) groups excluding carboxylic acids is 4. The fourth-order valence-electron chi connectivity index (χ4n) is 3.80. The van der Waals surface area contributed by atoms with Gasteiger partial charge in [0, 0.05) is 12.5 Å². The predicted molar refractivity (Wildman–Crippen MR) is 140 cm³/mol. The van der Waals surface area contributed by atoms with Gasteiger partial charge in [0.1, 0.15) is 24.2 Å². The number of alkyl carbamates (subject to hydrolysis) is 1. The van der Waals surface area contributed by atoms with E-state index in [1.54, 1.807) is 32.9 Å². The minimum atomic E-state index is -1.24. The summed E-state index contributed by atoms with van der Waals surface area (Å²) < 4.78 is 5.28. The summed E-state index contributed by atoms with van der Waals surface area (Å²) >= 11 is 0. The second-order valence-corrected chi connectivity index (χ2v) is 10.0. The lowest BCUT2D eigenvalue weighted by molar-refractivity contribution is -0.142. The molecule has 0 heterocycles. The van der Waals surface area contributed by atoms with E-state index in [9.17, 15) is 24.4 Å². The second-order valence-electron chi connectivity index (χ2n) is 10.0. The summed E-state index contributed by atoms with van der Waals surface area (Å²) in [6.45, 7) is 10.5. The summed E-state index contributed by atoms with van der Waals surface area (Å²) in [6, 6.07) is 6.67. The summed E-state index contributed by atoms with van der Waals surface area (Å²) in [5, 5.41) is 15.0. The molecule has 0 aliphatic rings. The third kappa shape index (κ3) is 10.9. The molecule has 0 spiro atoms. The Hall–Kier alpha value is -3.61. The SMILES string of the molecule is CCCC(C)NC(=O)C(c1ccc(CC)cc1)N(CC#N)C(=O)C(CCC(N)=O)NC(=O)OC(C)(C)C. The number of rotatable bonds is 13. The number of carbonyl (C=O) groups is 4. The first-order valence-corrected chi connectivity index (χ1v) is 12.7. The van der Waals surface area contributed by atoms with Crippen LogP contribution in [-0.2, 0) is 25.5 Å². The van der Waals surface area contributed by atoms with Crippen molar-refractivity contribution in [2.45, 2.75) is 97.4 Å². The van der Waals surface area contributed by atoms with Crippen molar-refractivity contribution in [3.8, 4) is 6.07 Å². The molecule has 4 N–H and O–H groups in total. The zero-order chi connectivity index (χ0) is 28.2. The third-order valence-corrected chi connectivity index (χ3v) is 5.57. The minimum Gasteiger partial charge on any atom is -0.444 e. The number of amides is 4. The van der Waals surface area contributed by atoms with Crippen LogP contribution in [0.25, 0.3) is 0 Å². The van der Waals surface area contributed by atoms with Gasteiger partial charge in [-0.05, 0) is 58.1 Å². The van der Waals surface area contributed by atoms with Gasteiger partial charge >= 0.3 is 6.09 Å². The van der Waals surface area contributed by atoms with Crippen LogP contribution in [0.4, 0.5) is 4.79 Å². The maximum atomic E-state index is 13.8. The molecule has 0 aliphatic carbocycles. The van der Waals surface area contributed by atoms with Gasteiger partial charge in [-0.2, -0.15) is 5.26 Å². The van der Waals surface area contributed by atoms with Crippen LogP contribution in [0.5, 0.6) is 0 Å². The Kier molecular flexibility index (Phi) is 12.6. The van der Waals surface area contributed by atoms with Crippen molar-refractivity contribution in [1.29, 1.82) is 5.26 Å². The summed E-state index contributed by atoms with van der Waals surface area (Å²) in [5.74, 6) is -1.80. The average Bonchev–Trinajstić information content (AvgIpc) is 2.80. The van der Waals surface area contributed by atoms with E-state index in [1.807, 2.05) is 39.0 Å². The number of ether oxygens (including phenoxy) is 1. The number of aryl methyl sites for hydroxylation is 1. The van der Waals surface area contributed by atoms with E-state index in [4.69, 9.17) is 10.5 Å². The van der Waals surface area contributed by atoms with Gasteiger partial charge in [0.2, 0.25) is 17.7 Å². The largest absolute Gasteiger partial charge is 0.444 e. The molecule has 10 heteroatoms. The maximum absolute atomic E-state index is 13.8. The molecule has 4 amide bonds. The summed E-state index contributed by atoms with van der Waals surface area (Å²) in [4.78, 5) is 52.4. The Labute approximate surface area is 219 Å². The lowest BCUT2D eigenvalue weighted by atomic mass is 9.99. The van der Waals surface area contributed by atoms with Crippen molar-refractivity contribution in [2.75, 3.05) is 6.54 Å². The Balaban J connectivity index is 3.46. The fraction of sp³-hybridized carbons (Fsp3) is 0.593. The van der Waals surface area contributed by atoms with Gasteiger partial charge in [-0.3, -0.25) is 14.4 Å². The second kappa shape index (κ2) is 14.8. The minimum absolute atomic E-state index is 0.120. The Morgan fingerprint density at radius 2 is 1.70 bits per heavy atom. The quantitative estimate of drug-likeness (QED) is 0.343. The molecule has 0 fully saturated rings. The molecular formula is C27H41N5O5. The number of hydrogen-bond donors (Lipinski definition) is 3. The van der Waals surface area contributed by atoms with E-state index in [1.165, 1.54) is 0 Å². The van der Waals surface area contributed by atoms with Gasteiger partial charge in [0.25, 0.3) is 0 Å². The molecule has 37 heavy (non-hydrogen) atoms. The van der Waals surface area contributed by atoms with Crippen LogP contribution in [0.3, 0.4) is 0 Å². The van der Waals surface area contributed by atoms with Crippen molar-refractivity contribution >= 4 is 23.8 Å². The summed E-state index contributed by atoms with van der Waals surface area (Å²) in [7, 11) is 0. The molecular weight excluding hydrogens is 474 g/mol. The van der Waals surface area contributed by atoms with E-state index in [-0.39, 0.29) is 18.9 Å². The van der Waals surface area contributed by atoms with E-state index in [2.05, 4.69) is 10.6 Å². The molecule has 0 radical (unpaired) electrons. The number of benzene rings is 1. The molecule has 1 aromatic carbocycles. The van der Waals surface area contributed by atoms with E-state index < -0.39 is 48.0 Å². The molecule has 1 rings (SSSR count). The van der Waals surface area contributed by atoms with Crippen molar-refractivity contribution in [1.82, 2.24) is 15.5 Å². The summed E-state index contributed by atoms with van der Waals surface area (Å²) in [6.07, 6.45) is 1.21. The van der Waals surface area contributed by atoms with Crippen LogP contribution >= 0.6 is 0 Å². The van der Waals surface area contributed by atoms with Gasteiger partial charge in [-0.25, -0.2) is 4.79 Å². The normalized spacial score (nSPS) is 13.4. The number of nitrogens with one attached hydrogen (secondary N) is 2. The molecule has 0 aromatic heterocycles. The van der Waals surface area contributed by atoms with Crippen molar-refractivity contribution in [3.05, 3.63) is 35.4 Å². The standard InChI is InChI=1S/C27H41N5O5/c1-7-9-18(3)30-24(34)23(20-12-10-19(8-2)11-13-20)32(17-16-28)25(35)21(14-15-22(29)33)31-26(36)37-27(4,5)6/h10-13,18,21,23H,7-9,14-15,17H2,1-6H3,(H2,29,33)(H,30,34)(H,31,36). The van der Waals surface area contributed by atoms with Gasteiger partial charge in [0.15, 0.2) is 0 Å². The lowest BCUT2D eigenvalue weighted by Crippen LogP contribution is -2.53. The van der Waals surface area contributed by atoms with E-state index in [0.29, 0.717) is 5.56 Å². The average molecular weight is 516 g/mol. The topological polar surface area (TPSA) is 155 Å². The molecule has 3 unspecified atom stereocenters. The highest BCUT2D eigenvalue weighted by Gasteiger charge is 2.36. The zero-order valence-electron chi connectivity index (χ0n) is 22.8. The van der Waals surface area contributed by atoms with Gasteiger partial charge < -0.3 is 26.0 Å². The molecule has 0 aliphatic heterocycles. The van der Waals surface area contributed by atoms with Crippen molar-refractivity contribution in [3.63, 3.8) is 0 Å². The number of nitrogens with zero attached hydrogens (tertiary/aromatic N) is 2. The molecule has 0 saturated carbocycles. The lowest BCUT2D eigenvalue weighted by Gasteiger charge is -2.33. The molecule has 10 nitrogen and oxygen atoms in total. The van der Waals surface area contributed by atoms with Gasteiger partial charge in [-0.15, -0.1) is 0 Å². The van der Waals surface area contributed by atoms with E-state index in [0.717, 1.165) is 29.7 Å². The van der Waals surface area contributed by atoms with Crippen LogP contribution < -0.4 is 16.4 Å². The Bertz CT molecular complexity index is 965. The first-order chi connectivity index (χ1) is 17.3. The van der Waals surface area contributed by atoms with Crippen LogP contribution in [0.1, 0.15) is 84.4 Å². The predicted octanol–water partition coefficient (Wildman–Crippen LogP) is 3.11. The third-order valence-electron chi connectivity index (χ3n) is 5.57. The Morgan fingerprint density at radius 1 is 1.08 bits per heavy atom. The highest BCUT2D eigenvalue weighted by Crippen LogP contribution is 2.24. The Morgan fingerprint density at radius 3 is 2.19 bits per heavy atom. The number of primary amides is 1. The van der Waals surface area contributed by atoms with Crippen LogP contribution in [0, 0.1) is 11.3 Å². The fourth-order valence-corrected chi connectivity index (χ4v) is 3.80. The highest BCUT2D eigenvalue weighted by molar-refractivity contribution is 5.92. The molecule has 0 bridgehead atoms. The maximum Gasteiger partial charge on any atom is 0.408 e. The van der Waals surface area contributed by atoms with Crippen LogP contribution in [0.2, 0.25) is 0 Å². The van der Waals surface area contributed by atoms with Crippen LogP contribution in [0.15, 0.2) is 24.3 Å².